The number of rotatable bonds is 4. The van der Waals surface area contributed by atoms with Gasteiger partial charge in [0.2, 0.25) is 0 Å². The second-order valence-corrected chi connectivity index (χ2v) is 4.82. The van der Waals surface area contributed by atoms with Crippen molar-refractivity contribution < 1.29 is 9.84 Å². The highest BCUT2D eigenvalue weighted by atomic mass is 16.5. The molecule has 0 saturated carbocycles. The SMILES string of the molecule is CCc1ccc(C)cc1OC(C)c1ccc(O)cc1. The van der Waals surface area contributed by atoms with Crippen LogP contribution in [0.3, 0.4) is 0 Å². The molecule has 0 aromatic heterocycles. The molecule has 0 fully saturated rings. The Kier molecular flexibility index (Phi) is 4.10. The van der Waals surface area contributed by atoms with Gasteiger partial charge in [-0.2, -0.15) is 0 Å². The van der Waals surface area contributed by atoms with Crippen LogP contribution in [0.2, 0.25) is 0 Å². The highest BCUT2D eigenvalue weighted by Crippen LogP contribution is 2.27. The fourth-order valence-corrected chi connectivity index (χ4v) is 2.07. The second kappa shape index (κ2) is 5.79. The topological polar surface area (TPSA) is 29.5 Å². The zero-order valence-electron chi connectivity index (χ0n) is 11.7. The molecule has 0 aliphatic carbocycles. The number of hydrogen-bond acceptors (Lipinski definition) is 2. The maximum atomic E-state index is 9.31. The van der Waals surface area contributed by atoms with E-state index >= 15 is 0 Å². The fourth-order valence-electron chi connectivity index (χ4n) is 2.07. The predicted octanol–water partition coefficient (Wildman–Crippen LogP) is 4.40. The summed E-state index contributed by atoms with van der Waals surface area (Å²) in [4.78, 5) is 0. The highest BCUT2D eigenvalue weighted by Gasteiger charge is 2.10. The molecule has 2 nitrogen and oxygen atoms in total. The summed E-state index contributed by atoms with van der Waals surface area (Å²) in [5.41, 5.74) is 3.47. The van der Waals surface area contributed by atoms with Gasteiger partial charge < -0.3 is 9.84 Å². The Labute approximate surface area is 114 Å². The van der Waals surface area contributed by atoms with Gasteiger partial charge in [0.25, 0.3) is 0 Å². The number of ether oxygens (including phenoxy) is 1. The van der Waals surface area contributed by atoms with Crippen LogP contribution in [0.4, 0.5) is 0 Å². The molecule has 2 rings (SSSR count). The Morgan fingerprint density at radius 2 is 1.79 bits per heavy atom. The summed E-state index contributed by atoms with van der Waals surface area (Å²) < 4.78 is 6.06. The van der Waals surface area contributed by atoms with Crippen LogP contribution in [-0.4, -0.2) is 5.11 Å². The molecule has 2 heteroatoms. The molecular formula is C17H20O2. The van der Waals surface area contributed by atoms with Crippen LogP contribution in [0.5, 0.6) is 11.5 Å². The van der Waals surface area contributed by atoms with Gasteiger partial charge in [-0.3, -0.25) is 0 Å². The van der Waals surface area contributed by atoms with Crippen molar-refractivity contribution in [1.29, 1.82) is 0 Å². The molecule has 1 unspecified atom stereocenters. The average molecular weight is 256 g/mol. The van der Waals surface area contributed by atoms with E-state index in [1.54, 1.807) is 12.1 Å². The lowest BCUT2D eigenvalue weighted by Crippen LogP contribution is -2.04. The first-order chi connectivity index (χ1) is 9.10. The Morgan fingerprint density at radius 1 is 1.11 bits per heavy atom. The average Bonchev–Trinajstić information content (AvgIpc) is 2.39. The summed E-state index contributed by atoms with van der Waals surface area (Å²) in [6, 6.07) is 13.5. The van der Waals surface area contributed by atoms with Gasteiger partial charge in [0.1, 0.15) is 17.6 Å². The van der Waals surface area contributed by atoms with Crippen molar-refractivity contribution in [3.05, 3.63) is 59.2 Å². The van der Waals surface area contributed by atoms with Crippen LogP contribution < -0.4 is 4.74 Å². The summed E-state index contributed by atoms with van der Waals surface area (Å²) >= 11 is 0. The van der Waals surface area contributed by atoms with E-state index < -0.39 is 0 Å². The van der Waals surface area contributed by atoms with Gasteiger partial charge >= 0.3 is 0 Å². The fraction of sp³-hybridized carbons (Fsp3) is 0.294. The third-order valence-electron chi connectivity index (χ3n) is 3.27. The first-order valence-electron chi connectivity index (χ1n) is 6.65. The van der Waals surface area contributed by atoms with Gasteiger partial charge in [0.05, 0.1) is 0 Å². The molecular weight excluding hydrogens is 236 g/mol. The molecule has 2 aromatic rings. The Bertz CT molecular complexity index is 544. The molecule has 2 aromatic carbocycles. The van der Waals surface area contributed by atoms with Crippen molar-refractivity contribution in [3.8, 4) is 11.5 Å². The van der Waals surface area contributed by atoms with E-state index in [0.29, 0.717) is 0 Å². The van der Waals surface area contributed by atoms with Crippen LogP contribution in [0.25, 0.3) is 0 Å². The van der Waals surface area contributed by atoms with E-state index in [4.69, 9.17) is 4.74 Å². The molecule has 1 atom stereocenters. The van der Waals surface area contributed by atoms with E-state index in [9.17, 15) is 5.11 Å². The molecule has 0 aliphatic rings. The van der Waals surface area contributed by atoms with E-state index in [1.165, 1.54) is 11.1 Å². The van der Waals surface area contributed by atoms with Gasteiger partial charge in [-0.1, -0.05) is 31.2 Å². The normalized spacial score (nSPS) is 12.2. The monoisotopic (exact) mass is 256 g/mol. The van der Waals surface area contributed by atoms with E-state index in [2.05, 4.69) is 32.0 Å². The molecule has 0 bridgehead atoms. The number of aromatic hydroxyl groups is 1. The number of phenols is 1. The van der Waals surface area contributed by atoms with Crippen LogP contribution in [-0.2, 0) is 6.42 Å². The van der Waals surface area contributed by atoms with Crippen molar-refractivity contribution in [2.45, 2.75) is 33.3 Å². The van der Waals surface area contributed by atoms with Crippen LogP contribution in [0.1, 0.15) is 36.6 Å². The van der Waals surface area contributed by atoms with Gasteiger partial charge in [-0.25, -0.2) is 0 Å². The van der Waals surface area contributed by atoms with E-state index in [-0.39, 0.29) is 11.9 Å². The number of benzene rings is 2. The van der Waals surface area contributed by atoms with Crippen LogP contribution >= 0.6 is 0 Å². The maximum absolute atomic E-state index is 9.31. The summed E-state index contributed by atoms with van der Waals surface area (Å²) in [5, 5.41) is 9.31. The van der Waals surface area contributed by atoms with Gasteiger partial charge in [-0.05, 0) is 55.2 Å². The van der Waals surface area contributed by atoms with Crippen LogP contribution in [0.15, 0.2) is 42.5 Å². The molecule has 0 heterocycles. The van der Waals surface area contributed by atoms with Gasteiger partial charge in [0.15, 0.2) is 0 Å². The smallest absolute Gasteiger partial charge is 0.123 e. The second-order valence-electron chi connectivity index (χ2n) is 4.82. The summed E-state index contributed by atoms with van der Waals surface area (Å²) in [6.07, 6.45) is 0.922. The number of phenolic OH excluding ortho intramolecular Hbond substituents is 1. The van der Waals surface area contributed by atoms with Gasteiger partial charge in [0, 0.05) is 0 Å². The molecule has 19 heavy (non-hydrogen) atoms. The highest BCUT2D eigenvalue weighted by molar-refractivity contribution is 5.38. The van der Waals surface area contributed by atoms with Crippen molar-refractivity contribution in [1.82, 2.24) is 0 Å². The molecule has 0 amide bonds. The molecule has 0 spiro atoms. The van der Waals surface area contributed by atoms with Gasteiger partial charge in [-0.15, -0.1) is 0 Å². The molecule has 100 valence electrons. The number of hydrogen-bond donors (Lipinski definition) is 1. The van der Waals surface area contributed by atoms with E-state index in [1.807, 2.05) is 19.1 Å². The van der Waals surface area contributed by atoms with Crippen molar-refractivity contribution in [3.63, 3.8) is 0 Å². The minimum absolute atomic E-state index is 0.0345. The zero-order valence-corrected chi connectivity index (χ0v) is 11.7. The summed E-state index contributed by atoms with van der Waals surface area (Å²) in [7, 11) is 0. The lowest BCUT2D eigenvalue weighted by atomic mass is 10.1. The molecule has 0 radical (unpaired) electrons. The minimum Gasteiger partial charge on any atom is -0.508 e. The standard InChI is InChI=1S/C17H20O2/c1-4-14-6-5-12(2)11-17(14)19-13(3)15-7-9-16(18)10-8-15/h5-11,13,18H,4H2,1-3H3. The van der Waals surface area contributed by atoms with E-state index in [0.717, 1.165) is 17.7 Å². The lowest BCUT2D eigenvalue weighted by molar-refractivity contribution is 0.224. The molecule has 0 aliphatic heterocycles. The third kappa shape index (κ3) is 3.28. The first-order valence-corrected chi connectivity index (χ1v) is 6.65. The Balaban J connectivity index is 2.20. The quantitative estimate of drug-likeness (QED) is 0.878. The van der Waals surface area contributed by atoms with Crippen LogP contribution in [0, 0.1) is 6.92 Å². The van der Waals surface area contributed by atoms with Crippen molar-refractivity contribution >= 4 is 0 Å². The Hall–Kier alpha value is -1.96. The largest absolute Gasteiger partial charge is 0.508 e. The van der Waals surface area contributed by atoms with Crippen molar-refractivity contribution in [2.75, 3.05) is 0 Å². The Morgan fingerprint density at radius 3 is 2.42 bits per heavy atom. The molecule has 1 N–H and O–H groups in total. The zero-order chi connectivity index (χ0) is 13.8. The lowest BCUT2D eigenvalue weighted by Gasteiger charge is -2.18. The number of aryl methyl sites for hydroxylation is 2. The predicted molar refractivity (Wildman–Crippen MR) is 77.7 cm³/mol. The summed E-state index contributed by atoms with van der Waals surface area (Å²) in [6.45, 7) is 6.22. The van der Waals surface area contributed by atoms with Crippen molar-refractivity contribution in [2.24, 2.45) is 0 Å². The first kappa shape index (κ1) is 13.5. The third-order valence-corrected chi connectivity index (χ3v) is 3.27. The minimum atomic E-state index is -0.0345. The maximum Gasteiger partial charge on any atom is 0.123 e. The summed E-state index contributed by atoms with van der Waals surface area (Å²) in [5.74, 6) is 1.23. The molecule has 0 saturated heterocycles.